The fourth-order valence-electron chi connectivity index (χ4n) is 3.56. The summed E-state index contributed by atoms with van der Waals surface area (Å²) in [7, 11) is 0. The smallest absolute Gasteiger partial charge is 0.232 e. The van der Waals surface area contributed by atoms with Gasteiger partial charge < -0.3 is 9.30 Å². The van der Waals surface area contributed by atoms with E-state index in [1.54, 1.807) is 12.4 Å². The summed E-state index contributed by atoms with van der Waals surface area (Å²) in [6.45, 7) is 1.13. The van der Waals surface area contributed by atoms with E-state index in [0.29, 0.717) is 13.2 Å². The Hall–Kier alpha value is -3.56. The predicted molar refractivity (Wildman–Crippen MR) is 99.7 cm³/mol. The first-order valence-electron chi connectivity index (χ1n) is 8.69. The van der Waals surface area contributed by atoms with Gasteiger partial charge in [-0.05, 0) is 23.3 Å². The Morgan fingerprint density at radius 1 is 1.04 bits per heavy atom. The molecule has 0 saturated heterocycles. The molecule has 5 rings (SSSR count). The molecule has 0 amide bonds. The molecule has 2 aromatic carbocycles. The van der Waals surface area contributed by atoms with Crippen molar-refractivity contribution in [1.29, 1.82) is 5.26 Å². The third-order valence-corrected chi connectivity index (χ3v) is 4.85. The van der Waals surface area contributed by atoms with Crippen molar-refractivity contribution in [2.75, 3.05) is 6.61 Å². The van der Waals surface area contributed by atoms with E-state index in [-0.39, 0.29) is 11.9 Å². The number of hydrogen-bond acceptors (Lipinski definition) is 5. The molecule has 0 N–H and O–H groups in total. The van der Waals surface area contributed by atoms with Crippen molar-refractivity contribution in [3.05, 3.63) is 78.1 Å². The molecule has 6 heteroatoms. The second-order valence-electron chi connectivity index (χ2n) is 6.45. The number of hydrogen-bond donors (Lipinski definition) is 0. The van der Waals surface area contributed by atoms with Gasteiger partial charge in [-0.15, -0.1) is 0 Å². The van der Waals surface area contributed by atoms with Crippen LogP contribution in [0.2, 0.25) is 0 Å². The van der Waals surface area contributed by atoms with Crippen molar-refractivity contribution in [3.8, 4) is 17.2 Å². The third kappa shape index (κ3) is 2.65. The Morgan fingerprint density at radius 3 is 2.63 bits per heavy atom. The van der Waals surface area contributed by atoms with Crippen LogP contribution in [0.3, 0.4) is 0 Å². The number of imidazole rings is 1. The molecule has 0 fully saturated rings. The highest BCUT2D eigenvalue weighted by molar-refractivity contribution is 5.82. The molecule has 1 atom stereocenters. The molecule has 1 aliphatic heterocycles. The molecule has 0 bridgehead atoms. The van der Waals surface area contributed by atoms with Crippen LogP contribution >= 0.6 is 0 Å². The maximum Gasteiger partial charge on any atom is 0.232 e. The monoisotopic (exact) mass is 353 g/mol. The van der Waals surface area contributed by atoms with Crippen molar-refractivity contribution in [1.82, 2.24) is 19.5 Å². The first-order valence-corrected chi connectivity index (χ1v) is 8.69. The fraction of sp³-hybridized carbons (Fsp3) is 0.143. The van der Waals surface area contributed by atoms with Crippen molar-refractivity contribution in [3.63, 3.8) is 0 Å². The minimum absolute atomic E-state index is 0.0902. The van der Waals surface area contributed by atoms with Gasteiger partial charge >= 0.3 is 0 Å². The first kappa shape index (κ1) is 15.7. The van der Waals surface area contributed by atoms with Gasteiger partial charge in [0.15, 0.2) is 0 Å². The van der Waals surface area contributed by atoms with E-state index in [1.165, 1.54) is 5.56 Å². The molecule has 0 spiro atoms. The van der Waals surface area contributed by atoms with E-state index in [1.807, 2.05) is 36.4 Å². The Bertz CT molecular complexity index is 1160. The Kier molecular flexibility index (Phi) is 3.66. The van der Waals surface area contributed by atoms with E-state index in [0.717, 1.165) is 28.0 Å². The lowest BCUT2D eigenvalue weighted by Gasteiger charge is -2.26. The average molecular weight is 353 g/mol. The third-order valence-electron chi connectivity index (χ3n) is 4.85. The summed E-state index contributed by atoms with van der Waals surface area (Å²) in [4.78, 5) is 12.9. The van der Waals surface area contributed by atoms with Gasteiger partial charge in [-0.2, -0.15) is 5.26 Å². The highest BCUT2D eigenvalue weighted by atomic mass is 16.5. The quantitative estimate of drug-likeness (QED) is 0.551. The van der Waals surface area contributed by atoms with Gasteiger partial charge in [-0.3, -0.25) is 0 Å². The lowest BCUT2D eigenvalue weighted by molar-refractivity contribution is 0.0679. The topological polar surface area (TPSA) is 76.6 Å². The normalized spacial score (nSPS) is 16.0. The summed E-state index contributed by atoms with van der Waals surface area (Å²) in [5.41, 5.74) is 5.06. The SMILES string of the molecule is N#Cc1ncc(-c2ccc3nc4n(c3c2)C(c2ccccc2)COC4)cn1. The van der Waals surface area contributed by atoms with Crippen molar-refractivity contribution < 1.29 is 4.74 Å². The molecular formula is C21H15N5O. The second-order valence-corrected chi connectivity index (χ2v) is 6.45. The number of nitrogens with zero attached hydrogens (tertiary/aromatic N) is 5. The van der Waals surface area contributed by atoms with Crippen LogP contribution in [0.15, 0.2) is 60.9 Å². The van der Waals surface area contributed by atoms with E-state index >= 15 is 0 Å². The zero-order valence-electron chi connectivity index (χ0n) is 14.4. The standard InChI is InChI=1S/C21H15N5O/c22-9-20-23-10-16(11-24-20)15-6-7-17-18(8-15)26-19(12-27-13-21(26)25-17)14-4-2-1-3-5-14/h1-8,10-11,19H,12-13H2. The molecule has 1 aliphatic rings. The molecule has 4 aromatic rings. The van der Waals surface area contributed by atoms with Crippen LogP contribution in [0.5, 0.6) is 0 Å². The molecule has 27 heavy (non-hydrogen) atoms. The number of ether oxygens (including phenoxy) is 1. The van der Waals surface area contributed by atoms with Gasteiger partial charge in [-0.25, -0.2) is 15.0 Å². The zero-order valence-corrected chi connectivity index (χ0v) is 14.4. The van der Waals surface area contributed by atoms with Crippen LogP contribution < -0.4 is 0 Å². The Balaban J connectivity index is 1.66. The number of aromatic nitrogens is 4. The molecule has 1 unspecified atom stereocenters. The molecule has 0 aliphatic carbocycles. The van der Waals surface area contributed by atoms with Crippen LogP contribution in [-0.4, -0.2) is 26.1 Å². The van der Waals surface area contributed by atoms with Gasteiger partial charge in [-0.1, -0.05) is 36.4 Å². The number of fused-ring (bicyclic) bond motifs is 3. The van der Waals surface area contributed by atoms with Crippen molar-refractivity contribution in [2.45, 2.75) is 12.6 Å². The molecule has 0 saturated carbocycles. The fourth-order valence-corrected chi connectivity index (χ4v) is 3.56. The number of benzene rings is 2. The van der Waals surface area contributed by atoms with Crippen LogP contribution in [0, 0.1) is 11.3 Å². The summed E-state index contributed by atoms with van der Waals surface area (Å²) in [5.74, 6) is 1.10. The van der Waals surface area contributed by atoms with Gasteiger partial charge in [0, 0.05) is 18.0 Å². The molecule has 3 heterocycles. The molecule has 0 radical (unpaired) electrons. The number of nitriles is 1. The van der Waals surface area contributed by atoms with E-state index < -0.39 is 0 Å². The predicted octanol–water partition coefficient (Wildman–Crippen LogP) is 3.48. The van der Waals surface area contributed by atoms with Gasteiger partial charge in [0.25, 0.3) is 0 Å². The lowest BCUT2D eigenvalue weighted by Crippen LogP contribution is -2.24. The maximum absolute atomic E-state index is 8.88. The minimum Gasteiger partial charge on any atom is -0.371 e. The van der Waals surface area contributed by atoms with Gasteiger partial charge in [0.1, 0.15) is 18.5 Å². The maximum atomic E-state index is 8.88. The highest BCUT2D eigenvalue weighted by Gasteiger charge is 2.25. The largest absolute Gasteiger partial charge is 0.371 e. The van der Waals surface area contributed by atoms with Gasteiger partial charge in [0.05, 0.1) is 23.7 Å². The Labute approximate surface area is 155 Å². The molecule has 130 valence electrons. The molecule has 6 nitrogen and oxygen atoms in total. The summed E-state index contributed by atoms with van der Waals surface area (Å²) >= 11 is 0. The van der Waals surface area contributed by atoms with Gasteiger partial charge in [0.2, 0.25) is 5.82 Å². The summed E-state index contributed by atoms with van der Waals surface area (Å²) in [6.07, 6.45) is 3.36. The van der Waals surface area contributed by atoms with E-state index in [4.69, 9.17) is 15.0 Å². The number of rotatable bonds is 2. The lowest BCUT2D eigenvalue weighted by atomic mass is 10.1. The molecule has 2 aromatic heterocycles. The Morgan fingerprint density at radius 2 is 1.85 bits per heavy atom. The summed E-state index contributed by atoms with van der Waals surface area (Å²) in [5, 5.41) is 8.88. The first-order chi connectivity index (χ1) is 13.3. The zero-order chi connectivity index (χ0) is 18.2. The van der Waals surface area contributed by atoms with Crippen LogP contribution in [0.25, 0.3) is 22.2 Å². The summed E-state index contributed by atoms with van der Waals surface area (Å²) in [6, 6.07) is 18.5. The van der Waals surface area contributed by atoms with E-state index in [9.17, 15) is 0 Å². The van der Waals surface area contributed by atoms with Crippen LogP contribution in [0.1, 0.15) is 23.3 Å². The van der Waals surface area contributed by atoms with E-state index in [2.05, 4.69) is 32.7 Å². The molecular weight excluding hydrogens is 338 g/mol. The second kappa shape index (κ2) is 6.31. The van der Waals surface area contributed by atoms with Crippen molar-refractivity contribution in [2.24, 2.45) is 0 Å². The van der Waals surface area contributed by atoms with Crippen LogP contribution in [-0.2, 0) is 11.3 Å². The highest BCUT2D eigenvalue weighted by Crippen LogP contribution is 2.32. The van der Waals surface area contributed by atoms with Crippen LogP contribution in [0.4, 0.5) is 0 Å². The summed E-state index contributed by atoms with van der Waals surface area (Å²) < 4.78 is 8.07. The van der Waals surface area contributed by atoms with Crippen molar-refractivity contribution >= 4 is 11.0 Å². The minimum atomic E-state index is 0.0902. The average Bonchev–Trinajstić information content (AvgIpc) is 3.12.